The quantitative estimate of drug-likeness (QED) is 0.0262. The van der Waals surface area contributed by atoms with E-state index in [1.165, 1.54) is 161 Å². The van der Waals surface area contributed by atoms with Crippen molar-refractivity contribution in [1.82, 2.24) is 0 Å². The fourth-order valence-electron chi connectivity index (χ4n) is 7.86. The molecular weight excluding hydrogens is 793 g/mol. The van der Waals surface area contributed by atoms with Gasteiger partial charge >= 0.3 is 17.9 Å². The highest BCUT2D eigenvalue weighted by Gasteiger charge is 2.19. The Labute approximate surface area is 397 Å². The topological polar surface area (TPSA) is 78.9 Å². The van der Waals surface area contributed by atoms with Crippen molar-refractivity contribution in [3.63, 3.8) is 0 Å². The molecule has 0 aliphatic heterocycles. The van der Waals surface area contributed by atoms with Gasteiger partial charge in [0.25, 0.3) is 0 Å². The number of unbranched alkanes of at least 4 members (excludes halogenated alkanes) is 31. The van der Waals surface area contributed by atoms with Gasteiger partial charge in [-0.3, -0.25) is 14.4 Å². The number of rotatable bonds is 50. The summed E-state index contributed by atoms with van der Waals surface area (Å²) < 4.78 is 16.8. The van der Waals surface area contributed by atoms with E-state index in [1.54, 1.807) is 0 Å². The number of hydrogen-bond donors (Lipinski definition) is 0. The van der Waals surface area contributed by atoms with Crippen LogP contribution in [0.1, 0.15) is 284 Å². The van der Waals surface area contributed by atoms with Crippen LogP contribution in [0.3, 0.4) is 0 Å². The number of allylic oxidation sites excluding steroid dienone is 8. The Balaban J connectivity index is 4.34. The van der Waals surface area contributed by atoms with Gasteiger partial charge in [-0.05, 0) is 83.5 Å². The average Bonchev–Trinajstić information content (AvgIpc) is 3.29. The minimum atomic E-state index is -0.777. The second-order valence-electron chi connectivity index (χ2n) is 18.5. The van der Waals surface area contributed by atoms with Crippen LogP contribution >= 0.6 is 0 Å². The van der Waals surface area contributed by atoms with Crippen molar-refractivity contribution in [3.05, 3.63) is 48.6 Å². The molecule has 0 amide bonds. The predicted molar refractivity (Wildman–Crippen MR) is 275 cm³/mol. The van der Waals surface area contributed by atoms with Gasteiger partial charge in [0.2, 0.25) is 0 Å². The molecule has 0 aromatic rings. The molecule has 0 saturated carbocycles. The highest BCUT2D eigenvalue weighted by atomic mass is 16.6. The first-order valence-corrected chi connectivity index (χ1v) is 27.6. The Morgan fingerprint density at radius 2 is 0.562 bits per heavy atom. The molecule has 0 fully saturated rings. The molecule has 6 nitrogen and oxygen atoms in total. The van der Waals surface area contributed by atoms with E-state index in [2.05, 4.69) is 69.4 Å². The number of esters is 3. The van der Waals surface area contributed by atoms with Crippen molar-refractivity contribution in [3.8, 4) is 0 Å². The first kappa shape index (κ1) is 61.4. The third-order valence-electron chi connectivity index (χ3n) is 12.1. The largest absolute Gasteiger partial charge is 0.462 e. The third kappa shape index (κ3) is 50.4. The first-order chi connectivity index (χ1) is 31.5. The van der Waals surface area contributed by atoms with Crippen LogP contribution in [-0.4, -0.2) is 37.2 Å². The molecule has 0 bridgehead atoms. The number of carbonyl (C=O) groups is 3. The van der Waals surface area contributed by atoms with Gasteiger partial charge in [0.15, 0.2) is 6.10 Å². The van der Waals surface area contributed by atoms with Crippen molar-refractivity contribution >= 4 is 17.9 Å². The summed E-state index contributed by atoms with van der Waals surface area (Å²) >= 11 is 0. The maximum absolute atomic E-state index is 12.8. The average molecular weight is 897 g/mol. The van der Waals surface area contributed by atoms with Crippen molar-refractivity contribution in [1.29, 1.82) is 0 Å². The van der Waals surface area contributed by atoms with E-state index in [0.717, 1.165) is 83.5 Å². The van der Waals surface area contributed by atoms with E-state index in [1.807, 2.05) is 0 Å². The van der Waals surface area contributed by atoms with E-state index in [4.69, 9.17) is 14.2 Å². The van der Waals surface area contributed by atoms with Crippen molar-refractivity contribution in [2.75, 3.05) is 13.2 Å². The zero-order valence-electron chi connectivity index (χ0n) is 42.6. The van der Waals surface area contributed by atoms with Crippen LogP contribution in [0.2, 0.25) is 0 Å². The summed E-state index contributed by atoms with van der Waals surface area (Å²) in [4.78, 5) is 38.0. The molecule has 0 spiro atoms. The molecule has 0 saturated heterocycles. The number of ether oxygens (including phenoxy) is 3. The lowest BCUT2D eigenvalue weighted by molar-refractivity contribution is -0.167. The van der Waals surface area contributed by atoms with Gasteiger partial charge in [0, 0.05) is 19.3 Å². The van der Waals surface area contributed by atoms with Crippen LogP contribution in [-0.2, 0) is 28.6 Å². The molecule has 0 heterocycles. The van der Waals surface area contributed by atoms with Gasteiger partial charge in [0.05, 0.1) is 0 Å². The van der Waals surface area contributed by atoms with Gasteiger partial charge < -0.3 is 14.2 Å². The molecule has 0 aromatic heterocycles. The second kappa shape index (κ2) is 53.0. The highest BCUT2D eigenvalue weighted by molar-refractivity contribution is 5.71. The zero-order valence-corrected chi connectivity index (χ0v) is 42.6. The van der Waals surface area contributed by atoms with E-state index in [0.29, 0.717) is 19.3 Å². The SMILES string of the molecule is CCCCC/C=C\C/C=C\CCCCCCCCCCCC(=O)OC[C@H](COC(=O)CCCCCCC/C=C\C/C=C\CCCCC)OC(=O)CCCCCCCCCCCCCC. The molecule has 0 aliphatic rings. The van der Waals surface area contributed by atoms with E-state index in [-0.39, 0.29) is 31.1 Å². The monoisotopic (exact) mass is 897 g/mol. The van der Waals surface area contributed by atoms with Gasteiger partial charge in [-0.1, -0.05) is 230 Å². The molecule has 0 aromatic carbocycles. The van der Waals surface area contributed by atoms with E-state index in [9.17, 15) is 14.4 Å². The fraction of sp³-hybridized carbons (Fsp3) is 0.810. The third-order valence-corrected chi connectivity index (χ3v) is 12.1. The van der Waals surface area contributed by atoms with Crippen molar-refractivity contribution in [2.45, 2.75) is 290 Å². The Hall–Kier alpha value is -2.63. The molecular formula is C58H104O6. The lowest BCUT2D eigenvalue weighted by atomic mass is 10.0. The molecule has 1 atom stereocenters. The lowest BCUT2D eigenvalue weighted by Crippen LogP contribution is -2.30. The van der Waals surface area contributed by atoms with Crippen LogP contribution < -0.4 is 0 Å². The molecule has 0 rings (SSSR count). The summed E-state index contributed by atoms with van der Waals surface area (Å²) in [6.45, 7) is 6.59. The van der Waals surface area contributed by atoms with Crippen LogP contribution in [0.15, 0.2) is 48.6 Å². The fourth-order valence-corrected chi connectivity index (χ4v) is 7.86. The molecule has 64 heavy (non-hydrogen) atoms. The Bertz CT molecular complexity index is 1120. The molecule has 0 N–H and O–H groups in total. The maximum Gasteiger partial charge on any atom is 0.306 e. The zero-order chi connectivity index (χ0) is 46.5. The van der Waals surface area contributed by atoms with Crippen LogP contribution in [0.4, 0.5) is 0 Å². The smallest absolute Gasteiger partial charge is 0.306 e. The molecule has 0 aliphatic carbocycles. The van der Waals surface area contributed by atoms with Gasteiger partial charge in [-0.15, -0.1) is 0 Å². The summed E-state index contributed by atoms with van der Waals surface area (Å²) in [5.41, 5.74) is 0. The summed E-state index contributed by atoms with van der Waals surface area (Å²) in [5.74, 6) is -0.884. The normalized spacial score (nSPS) is 12.4. The first-order valence-electron chi connectivity index (χ1n) is 27.6. The molecule has 372 valence electrons. The lowest BCUT2D eigenvalue weighted by Gasteiger charge is -2.18. The molecule has 0 unspecified atom stereocenters. The standard InChI is InChI=1S/C58H104O6/c1-4-7-10-13-16-19-22-25-27-28-29-30-32-34-37-39-42-45-48-51-57(60)63-54-55(64-58(61)52-49-46-43-40-35-24-21-18-15-12-9-6-3)53-62-56(59)50-47-44-41-38-36-33-31-26-23-20-17-14-11-8-5-2/h16-17,19-20,25-27,31,55H,4-15,18,21-24,28-30,32-54H2,1-3H3/b19-16-,20-17-,27-25-,31-26-/t55-/m0/s1. The number of carbonyl (C=O) groups excluding carboxylic acids is 3. The Morgan fingerprint density at radius 3 is 0.891 bits per heavy atom. The van der Waals surface area contributed by atoms with Crippen molar-refractivity contribution < 1.29 is 28.6 Å². The minimum absolute atomic E-state index is 0.0774. The second-order valence-corrected chi connectivity index (χ2v) is 18.5. The Kier molecular flexibility index (Phi) is 50.8. The minimum Gasteiger partial charge on any atom is -0.462 e. The highest BCUT2D eigenvalue weighted by Crippen LogP contribution is 2.15. The summed E-state index contributed by atoms with van der Waals surface area (Å²) in [6.07, 6.45) is 63.8. The summed E-state index contributed by atoms with van der Waals surface area (Å²) in [6, 6.07) is 0. The van der Waals surface area contributed by atoms with Gasteiger partial charge in [-0.2, -0.15) is 0 Å². The summed E-state index contributed by atoms with van der Waals surface area (Å²) in [7, 11) is 0. The van der Waals surface area contributed by atoms with E-state index < -0.39 is 6.10 Å². The van der Waals surface area contributed by atoms with Crippen molar-refractivity contribution in [2.24, 2.45) is 0 Å². The van der Waals surface area contributed by atoms with Gasteiger partial charge in [0.1, 0.15) is 13.2 Å². The Morgan fingerprint density at radius 1 is 0.312 bits per heavy atom. The van der Waals surface area contributed by atoms with Crippen LogP contribution in [0.5, 0.6) is 0 Å². The van der Waals surface area contributed by atoms with Gasteiger partial charge in [-0.25, -0.2) is 0 Å². The number of hydrogen-bond acceptors (Lipinski definition) is 6. The van der Waals surface area contributed by atoms with Crippen LogP contribution in [0, 0.1) is 0 Å². The summed E-state index contributed by atoms with van der Waals surface area (Å²) in [5, 5.41) is 0. The van der Waals surface area contributed by atoms with E-state index >= 15 is 0 Å². The van der Waals surface area contributed by atoms with Crippen LogP contribution in [0.25, 0.3) is 0 Å². The maximum atomic E-state index is 12.8. The predicted octanol–water partition coefficient (Wildman–Crippen LogP) is 18.3. The molecule has 0 radical (unpaired) electrons. The molecule has 6 heteroatoms.